The number of amides is 1. The number of nitrogens with one attached hydrogen (secondary N) is 3. The summed E-state index contributed by atoms with van der Waals surface area (Å²) in [5.41, 5.74) is 8.12. The van der Waals surface area contributed by atoms with Crippen LogP contribution in [-0.2, 0) is 12.0 Å². The van der Waals surface area contributed by atoms with Crippen LogP contribution in [0.25, 0.3) is 22.2 Å². The van der Waals surface area contributed by atoms with Gasteiger partial charge in [-0.15, -0.1) is 0 Å². The second-order valence-electron chi connectivity index (χ2n) is 10.6. The molecule has 0 saturated heterocycles. The third-order valence-corrected chi connectivity index (χ3v) is 6.65. The SMILES string of the molecule is CC(C)(C)c1nc(C(=O)NCc2ccc(-c3ccnc4[nH]nc(N[C@H]5CC[C@@H](N)CC5)c34)cc2F)no1. The molecular formula is C26H31FN8O2. The topological polar surface area (TPSA) is 148 Å². The number of carbonyl (C=O) groups excluding carboxylic acids is 1. The molecule has 11 heteroatoms. The fraction of sp³-hybridized carbons (Fsp3) is 0.423. The highest BCUT2D eigenvalue weighted by Crippen LogP contribution is 2.33. The molecule has 4 aromatic rings. The number of carbonyl (C=O) groups is 1. The Hall–Kier alpha value is -3.86. The summed E-state index contributed by atoms with van der Waals surface area (Å²) in [4.78, 5) is 21.0. The predicted octanol–water partition coefficient (Wildman–Crippen LogP) is 4.06. The molecule has 0 unspecified atom stereocenters. The zero-order valence-electron chi connectivity index (χ0n) is 21.1. The Morgan fingerprint density at radius 2 is 2.00 bits per heavy atom. The summed E-state index contributed by atoms with van der Waals surface area (Å²) in [7, 11) is 0. The van der Waals surface area contributed by atoms with E-state index < -0.39 is 11.7 Å². The standard InChI is InChI=1S/C26H31FN8O2/c1-26(2,3)25-32-23(35-37-25)24(36)30-13-15-5-4-14(12-19(15)27)18-10-11-29-21-20(18)22(34-33-21)31-17-8-6-16(28)7-9-17/h4-5,10-12,16-17H,6-9,13,28H2,1-3H3,(H,30,36)(H2,29,31,33,34)/t16-,17+. The molecule has 1 amide bonds. The molecule has 3 aromatic heterocycles. The molecule has 5 rings (SSSR count). The van der Waals surface area contributed by atoms with Gasteiger partial charge in [-0.3, -0.25) is 9.89 Å². The van der Waals surface area contributed by atoms with Gasteiger partial charge in [-0.25, -0.2) is 9.37 Å². The first-order valence-corrected chi connectivity index (χ1v) is 12.5. The first kappa shape index (κ1) is 24.8. The van der Waals surface area contributed by atoms with Gasteiger partial charge in [-0.05, 0) is 48.9 Å². The number of halogens is 1. The van der Waals surface area contributed by atoms with Crippen LogP contribution in [0.1, 0.15) is 68.5 Å². The number of aromatic amines is 1. The van der Waals surface area contributed by atoms with Crippen LogP contribution >= 0.6 is 0 Å². The highest BCUT2D eigenvalue weighted by Gasteiger charge is 2.25. The van der Waals surface area contributed by atoms with E-state index in [1.165, 1.54) is 6.07 Å². The molecule has 0 aliphatic heterocycles. The van der Waals surface area contributed by atoms with Gasteiger partial charge >= 0.3 is 0 Å². The fourth-order valence-electron chi connectivity index (χ4n) is 4.49. The molecular weight excluding hydrogens is 475 g/mol. The van der Waals surface area contributed by atoms with E-state index in [9.17, 15) is 4.79 Å². The number of hydrogen-bond acceptors (Lipinski definition) is 8. The number of nitrogens with zero attached hydrogens (tertiary/aromatic N) is 4. The van der Waals surface area contributed by atoms with Gasteiger partial charge in [0.15, 0.2) is 11.5 Å². The third kappa shape index (κ3) is 5.31. The van der Waals surface area contributed by atoms with Gasteiger partial charge in [0, 0.05) is 35.8 Å². The molecule has 5 N–H and O–H groups in total. The first-order valence-electron chi connectivity index (χ1n) is 12.5. The lowest BCUT2D eigenvalue weighted by atomic mass is 9.91. The van der Waals surface area contributed by atoms with E-state index in [1.54, 1.807) is 12.3 Å². The van der Waals surface area contributed by atoms with Crippen molar-refractivity contribution in [2.24, 2.45) is 5.73 Å². The molecule has 0 spiro atoms. The number of aromatic nitrogens is 5. The average molecular weight is 507 g/mol. The summed E-state index contributed by atoms with van der Waals surface area (Å²) < 4.78 is 20.3. The maximum absolute atomic E-state index is 15.1. The number of fused-ring (bicyclic) bond motifs is 1. The zero-order chi connectivity index (χ0) is 26.2. The number of benzene rings is 1. The largest absolute Gasteiger partial charge is 0.365 e. The summed E-state index contributed by atoms with van der Waals surface area (Å²) in [6.07, 6.45) is 5.56. The van der Waals surface area contributed by atoms with E-state index in [4.69, 9.17) is 10.3 Å². The van der Waals surface area contributed by atoms with Crippen LogP contribution in [0.2, 0.25) is 0 Å². The number of H-pyrrole nitrogens is 1. The quantitative estimate of drug-likeness (QED) is 0.306. The number of hydrogen-bond donors (Lipinski definition) is 4. The van der Waals surface area contributed by atoms with Gasteiger partial charge in [-0.1, -0.05) is 38.1 Å². The van der Waals surface area contributed by atoms with Crippen molar-refractivity contribution in [3.63, 3.8) is 0 Å². The van der Waals surface area contributed by atoms with E-state index in [0.29, 0.717) is 28.5 Å². The van der Waals surface area contributed by atoms with Crippen LogP contribution in [0.4, 0.5) is 10.2 Å². The van der Waals surface area contributed by atoms with Crippen molar-refractivity contribution in [3.8, 4) is 11.1 Å². The van der Waals surface area contributed by atoms with Crippen molar-refractivity contribution >= 4 is 22.8 Å². The lowest BCUT2D eigenvalue weighted by Gasteiger charge is -2.27. The predicted molar refractivity (Wildman–Crippen MR) is 137 cm³/mol. The second kappa shape index (κ2) is 9.89. The van der Waals surface area contributed by atoms with Crippen molar-refractivity contribution in [2.75, 3.05) is 5.32 Å². The van der Waals surface area contributed by atoms with Crippen LogP contribution < -0.4 is 16.4 Å². The Bertz CT molecular complexity index is 1420. The smallest absolute Gasteiger partial charge is 0.292 e. The van der Waals surface area contributed by atoms with E-state index in [-0.39, 0.29) is 29.9 Å². The van der Waals surface area contributed by atoms with E-state index in [2.05, 4.69) is 36.0 Å². The normalized spacial score (nSPS) is 18.2. The van der Waals surface area contributed by atoms with Gasteiger partial charge in [0.2, 0.25) is 5.89 Å². The number of pyridine rings is 1. The lowest BCUT2D eigenvalue weighted by Crippen LogP contribution is -2.32. The van der Waals surface area contributed by atoms with Crippen LogP contribution in [0.15, 0.2) is 35.0 Å². The maximum atomic E-state index is 15.1. The first-order chi connectivity index (χ1) is 17.7. The summed E-state index contributed by atoms with van der Waals surface area (Å²) in [5, 5.41) is 18.1. The zero-order valence-corrected chi connectivity index (χ0v) is 21.1. The van der Waals surface area contributed by atoms with Crippen molar-refractivity contribution < 1.29 is 13.7 Å². The molecule has 1 saturated carbocycles. The van der Waals surface area contributed by atoms with Crippen LogP contribution in [0.3, 0.4) is 0 Å². The molecule has 37 heavy (non-hydrogen) atoms. The van der Waals surface area contributed by atoms with E-state index in [1.807, 2.05) is 32.9 Å². The van der Waals surface area contributed by atoms with Gasteiger partial charge in [0.1, 0.15) is 5.82 Å². The van der Waals surface area contributed by atoms with Crippen LogP contribution in [-0.4, -0.2) is 43.3 Å². The molecule has 1 aliphatic carbocycles. The van der Waals surface area contributed by atoms with Crippen LogP contribution in [0, 0.1) is 5.82 Å². The monoisotopic (exact) mass is 506 g/mol. The molecule has 1 fully saturated rings. The van der Waals surface area contributed by atoms with Gasteiger partial charge in [0.05, 0.1) is 5.39 Å². The maximum Gasteiger partial charge on any atom is 0.292 e. The van der Waals surface area contributed by atoms with Crippen LogP contribution in [0.5, 0.6) is 0 Å². The second-order valence-corrected chi connectivity index (χ2v) is 10.6. The van der Waals surface area contributed by atoms with Gasteiger partial charge < -0.3 is 20.9 Å². The Kier molecular flexibility index (Phi) is 6.63. The Balaban J connectivity index is 1.33. The average Bonchev–Trinajstić information content (AvgIpc) is 3.53. The summed E-state index contributed by atoms with van der Waals surface area (Å²) in [6.45, 7) is 5.71. The number of nitrogens with two attached hydrogens (primary N) is 1. The number of rotatable bonds is 6. The molecule has 1 aromatic carbocycles. The Morgan fingerprint density at radius 1 is 1.22 bits per heavy atom. The molecule has 1 aliphatic rings. The van der Waals surface area contributed by atoms with Crippen molar-refractivity contribution in [1.82, 2.24) is 30.6 Å². The highest BCUT2D eigenvalue weighted by molar-refractivity contribution is 6.00. The Morgan fingerprint density at radius 3 is 2.70 bits per heavy atom. The van der Waals surface area contributed by atoms with Gasteiger partial charge in [0.25, 0.3) is 11.7 Å². The summed E-state index contributed by atoms with van der Waals surface area (Å²) >= 11 is 0. The minimum atomic E-state index is -0.531. The molecule has 0 radical (unpaired) electrons. The van der Waals surface area contributed by atoms with E-state index >= 15 is 4.39 Å². The molecule has 3 heterocycles. The molecule has 194 valence electrons. The minimum Gasteiger partial charge on any atom is -0.365 e. The summed E-state index contributed by atoms with van der Waals surface area (Å²) in [5.74, 6) is 0.00465. The minimum absolute atomic E-state index is 0.0154. The summed E-state index contributed by atoms with van der Waals surface area (Å²) in [6, 6.07) is 7.31. The third-order valence-electron chi connectivity index (χ3n) is 6.65. The van der Waals surface area contributed by atoms with Crippen molar-refractivity contribution in [1.29, 1.82) is 0 Å². The van der Waals surface area contributed by atoms with Gasteiger partial charge in [-0.2, -0.15) is 10.1 Å². The lowest BCUT2D eigenvalue weighted by molar-refractivity contribution is 0.0937. The van der Waals surface area contributed by atoms with E-state index in [0.717, 1.165) is 36.6 Å². The molecule has 10 nitrogen and oxygen atoms in total. The van der Waals surface area contributed by atoms with Crippen molar-refractivity contribution in [2.45, 2.75) is 70.5 Å². The highest BCUT2D eigenvalue weighted by atomic mass is 19.1. The molecule has 0 bridgehead atoms. The fourth-order valence-corrected chi connectivity index (χ4v) is 4.49. The number of anilines is 1. The van der Waals surface area contributed by atoms with Crippen molar-refractivity contribution in [3.05, 3.63) is 53.6 Å². The molecule has 0 atom stereocenters. The Labute approximate surface area is 213 Å².